The maximum Gasteiger partial charge on any atom is 0.303 e. The van der Waals surface area contributed by atoms with E-state index < -0.39 is 73.4 Å². The highest BCUT2D eigenvalue weighted by atomic mass is 16.4. The summed E-state index contributed by atoms with van der Waals surface area (Å²) in [6, 6.07) is 0. The molecule has 0 aromatic carbocycles. The van der Waals surface area contributed by atoms with Crippen molar-refractivity contribution in [3.63, 3.8) is 0 Å². The van der Waals surface area contributed by atoms with Crippen molar-refractivity contribution in [3.8, 4) is 0 Å². The van der Waals surface area contributed by atoms with Crippen LogP contribution in [0, 0.1) is 0 Å². The summed E-state index contributed by atoms with van der Waals surface area (Å²) in [7, 11) is 0. The molecule has 4 atom stereocenters. The van der Waals surface area contributed by atoms with E-state index in [0.29, 0.717) is 38.5 Å². The Hall–Kier alpha value is -3.42. The fourth-order valence-corrected chi connectivity index (χ4v) is 16.6. The summed E-state index contributed by atoms with van der Waals surface area (Å²) in [5.41, 5.74) is 0. The van der Waals surface area contributed by atoms with Crippen LogP contribution in [0.1, 0.15) is 658 Å². The average Bonchev–Trinajstić information content (AvgIpc) is 0.906. The lowest BCUT2D eigenvalue weighted by atomic mass is 10.0. The first kappa shape index (κ1) is 142. The van der Waals surface area contributed by atoms with E-state index in [4.69, 9.17) is 61.3 Å². The standard InChI is InChI=1S/6C18H36O2.C6H14O6/c6*1-2-3-4-5-6-7-8-9-10-11-12-13-14-15-16-17-18(19)20;7-1-3(9)5(11)6(12)4(10)2-8/h6*2-17H2,1H3,(H,19,20);3-12H,1-2H2/t;;;;;;3-,4+,5+,6-. The van der Waals surface area contributed by atoms with Gasteiger partial charge in [0.1, 0.15) is 24.4 Å². The number of rotatable bonds is 101. The number of aliphatic hydroxyl groups is 6. The van der Waals surface area contributed by atoms with Gasteiger partial charge in [-0.1, -0.05) is 581 Å². The van der Waals surface area contributed by atoms with Gasteiger partial charge >= 0.3 is 35.8 Å². The van der Waals surface area contributed by atoms with Crippen LogP contribution in [0.2, 0.25) is 0 Å². The summed E-state index contributed by atoms with van der Waals surface area (Å²) in [6.45, 7) is 12.2. The molecule has 18 nitrogen and oxygen atoms in total. The summed E-state index contributed by atoms with van der Waals surface area (Å²) in [5.74, 6) is -3.92. The third-order valence-corrected chi connectivity index (χ3v) is 25.5. The molecule has 0 rings (SSSR count). The molecule has 18 heteroatoms. The molecule has 0 unspecified atom stereocenters. The van der Waals surface area contributed by atoms with Gasteiger partial charge in [0.2, 0.25) is 0 Å². The van der Waals surface area contributed by atoms with Gasteiger partial charge in [-0.3, -0.25) is 28.8 Å². The van der Waals surface area contributed by atoms with Crippen molar-refractivity contribution in [1.29, 1.82) is 0 Å². The molecule has 0 fully saturated rings. The van der Waals surface area contributed by atoms with Gasteiger partial charge in [0, 0.05) is 38.5 Å². The molecule has 0 spiro atoms. The number of carbonyl (C=O) groups is 6. The van der Waals surface area contributed by atoms with Gasteiger partial charge in [0.15, 0.2) is 0 Å². The number of hydrogen-bond donors (Lipinski definition) is 12. The lowest BCUT2D eigenvalue weighted by Crippen LogP contribution is -2.46. The molecular weight excluding hydrogens is 1660 g/mol. The fourth-order valence-electron chi connectivity index (χ4n) is 16.6. The van der Waals surface area contributed by atoms with Gasteiger partial charge in [-0.2, -0.15) is 0 Å². The summed E-state index contributed by atoms with van der Waals surface area (Å²) in [6.07, 6.45) is 115. The Morgan fingerprint density at radius 3 is 0.265 bits per heavy atom. The lowest BCUT2D eigenvalue weighted by molar-refractivity contribution is -0.138. The summed E-state index contributed by atoms with van der Waals surface area (Å²) in [5, 5.41) is 103. The van der Waals surface area contributed by atoms with Crippen molar-refractivity contribution in [2.45, 2.75) is 682 Å². The molecule has 0 bridgehead atoms. The first-order chi connectivity index (χ1) is 64.2. The van der Waals surface area contributed by atoms with Crippen molar-refractivity contribution in [2.75, 3.05) is 13.2 Å². The third kappa shape index (κ3) is 152. The van der Waals surface area contributed by atoms with Gasteiger partial charge in [0.05, 0.1) is 13.2 Å². The minimum atomic E-state index is -1.67. The molecule has 0 heterocycles. The smallest absolute Gasteiger partial charge is 0.303 e. The molecule has 0 aromatic heterocycles. The lowest BCUT2D eigenvalue weighted by Gasteiger charge is -2.24. The zero-order chi connectivity index (χ0) is 99.1. The van der Waals surface area contributed by atoms with Crippen molar-refractivity contribution in [3.05, 3.63) is 0 Å². The van der Waals surface area contributed by atoms with E-state index in [1.165, 1.54) is 501 Å². The van der Waals surface area contributed by atoms with Crippen LogP contribution in [0.15, 0.2) is 0 Å². The van der Waals surface area contributed by atoms with Gasteiger partial charge in [-0.15, -0.1) is 0 Å². The molecule has 794 valence electrons. The van der Waals surface area contributed by atoms with Gasteiger partial charge in [-0.05, 0) is 38.5 Å². The van der Waals surface area contributed by atoms with Gasteiger partial charge < -0.3 is 61.3 Å². The number of carboxylic acids is 6. The molecule has 0 amide bonds. The topological polar surface area (TPSA) is 345 Å². The maximum atomic E-state index is 10.3. The highest BCUT2D eigenvalue weighted by Gasteiger charge is 2.29. The number of hydrogen-bond acceptors (Lipinski definition) is 12. The molecule has 0 aliphatic heterocycles. The fraction of sp³-hybridized carbons (Fsp3) is 0.947. The first-order valence-electron chi connectivity index (χ1n) is 57.4. The Balaban J connectivity index is -0.000000277. The van der Waals surface area contributed by atoms with Crippen LogP contribution in [-0.2, 0) is 28.8 Å². The Bertz CT molecular complexity index is 1800. The number of unbranched alkanes of at least 4 members (excludes halogenated alkanes) is 84. The minimum Gasteiger partial charge on any atom is -0.481 e. The van der Waals surface area contributed by atoms with Crippen LogP contribution in [-0.4, -0.2) is 135 Å². The maximum absolute atomic E-state index is 10.3. The zero-order valence-corrected chi connectivity index (χ0v) is 88.4. The second-order valence-electron chi connectivity index (χ2n) is 39.0. The van der Waals surface area contributed by atoms with Crippen molar-refractivity contribution in [2.24, 2.45) is 0 Å². The third-order valence-electron chi connectivity index (χ3n) is 25.5. The molecule has 0 radical (unpaired) electrons. The number of carboxylic acid groups (broad SMARTS) is 6. The molecule has 0 aliphatic rings. The highest BCUT2D eigenvalue weighted by Crippen LogP contribution is 2.22. The molecule has 0 aliphatic carbocycles. The monoisotopic (exact) mass is 1890 g/mol. The van der Waals surface area contributed by atoms with Crippen molar-refractivity contribution >= 4 is 35.8 Å². The van der Waals surface area contributed by atoms with Gasteiger partial charge in [-0.25, -0.2) is 0 Å². The summed E-state index contributed by atoms with van der Waals surface area (Å²) in [4.78, 5) is 62.0. The van der Waals surface area contributed by atoms with E-state index in [-0.39, 0.29) is 0 Å². The van der Waals surface area contributed by atoms with Crippen LogP contribution in [0.25, 0.3) is 0 Å². The quantitative estimate of drug-likeness (QED) is 0.0252. The molecule has 12 N–H and O–H groups in total. The van der Waals surface area contributed by atoms with Crippen LogP contribution >= 0.6 is 0 Å². The minimum absolute atomic E-state index is 0.345. The van der Waals surface area contributed by atoms with Gasteiger partial charge in [0.25, 0.3) is 0 Å². The number of aliphatic hydroxyl groups excluding tert-OH is 6. The van der Waals surface area contributed by atoms with E-state index in [9.17, 15) is 28.8 Å². The van der Waals surface area contributed by atoms with Crippen LogP contribution in [0.3, 0.4) is 0 Å². The van der Waals surface area contributed by atoms with E-state index in [2.05, 4.69) is 41.5 Å². The van der Waals surface area contributed by atoms with E-state index in [0.717, 1.165) is 77.0 Å². The van der Waals surface area contributed by atoms with Crippen LogP contribution < -0.4 is 0 Å². The van der Waals surface area contributed by atoms with E-state index >= 15 is 0 Å². The Kier molecular flexibility index (Phi) is 141. The predicted molar refractivity (Wildman–Crippen MR) is 561 cm³/mol. The highest BCUT2D eigenvalue weighted by molar-refractivity contribution is 5.68. The predicted octanol–water partition coefficient (Wildman–Crippen LogP) is 34.4. The second kappa shape index (κ2) is 132. The Morgan fingerprint density at radius 2 is 0.205 bits per heavy atom. The van der Waals surface area contributed by atoms with Crippen molar-refractivity contribution < 1.29 is 90.0 Å². The largest absolute Gasteiger partial charge is 0.481 e. The second-order valence-corrected chi connectivity index (χ2v) is 39.0. The average molecular weight is 1890 g/mol. The van der Waals surface area contributed by atoms with Crippen LogP contribution in [0.4, 0.5) is 0 Å². The molecule has 132 heavy (non-hydrogen) atoms. The number of aliphatic carboxylic acids is 6. The molecular formula is C114H230O18. The Labute approximate surface area is 817 Å². The molecule has 0 saturated carbocycles. The van der Waals surface area contributed by atoms with E-state index in [1.54, 1.807) is 0 Å². The summed E-state index contributed by atoms with van der Waals surface area (Å²) >= 11 is 0. The molecule has 0 aromatic rings. The van der Waals surface area contributed by atoms with Crippen molar-refractivity contribution in [1.82, 2.24) is 0 Å². The molecule has 0 saturated heterocycles. The summed E-state index contributed by atoms with van der Waals surface area (Å²) < 4.78 is 0. The van der Waals surface area contributed by atoms with E-state index in [1.807, 2.05) is 0 Å². The SMILES string of the molecule is CCCCCCCCCCCCCCCCCC(=O)O.CCCCCCCCCCCCCCCCCC(=O)O.CCCCCCCCCCCCCCCCCC(=O)O.CCCCCCCCCCCCCCCCCC(=O)O.CCCCCCCCCCCCCCCCCC(=O)O.CCCCCCCCCCCCCCCCCC(=O)O.OC[C@@H](O)[C@H](O)[C@H](O)[C@@H](O)CO. The normalized spacial score (nSPS) is 11.8. The van der Waals surface area contributed by atoms with Crippen LogP contribution in [0.5, 0.6) is 0 Å². The zero-order valence-electron chi connectivity index (χ0n) is 88.4. The Morgan fingerprint density at radius 1 is 0.136 bits per heavy atom. The first-order valence-corrected chi connectivity index (χ1v) is 57.4.